The van der Waals surface area contributed by atoms with Gasteiger partial charge in [-0.25, -0.2) is 0 Å². The molecule has 1 unspecified atom stereocenters. The van der Waals surface area contributed by atoms with Gasteiger partial charge in [0, 0.05) is 11.0 Å². The Morgan fingerprint density at radius 3 is 2.20 bits per heavy atom. The highest BCUT2D eigenvalue weighted by atomic mass is 33.1. The van der Waals surface area contributed by atoms with Gasteiger partial charge in [-0.3, -0.25) is 0 Å². The summed E-state index contributed by atoms with van der Waals surface area (Å²) < 4.78 is 0. The maximum absolute atomic E-state index is 2.33. The van der Waals surface area contributed by atoms with E-state index >= 15 is 0 Å². The molecule has 0 rings (SSSR count). The first-order valence-electron chi connectivity index (χ1n) is 4.00. The lowest BCUT2D eigenvalue weighted by atomic mass is 10.1. The summed E-state index contributed by atoms with van der Waals surface area (Å²) in [6.07, 6.45) is 1.30. The molecule has 0 saturated heterocycles. The van der Waals surface area contributed by atoms with Crippen molar-refractivity contribution in [2.45, 2.75) is 39.4 Å². The summed E-state index contributed by atoms with van der Waals surface area (Å²) in [4.78, 5) is 0. The molecule has 0 aromatic rings. The lowest BCUT2D eigenvalue weighted by molar-refractivity contribution is 0.559. The van der Waals surface area contributed by atoms with Crippen LogP contribution in [-0.4, -0.2) is 11.0 Å². The second-order valence-electron chi connectivity index (χ2n) is 2.59. The lowest BCUT2D eigenvalue weighted by Gasteiger charge is -2.15. The standard InChI is InChI=1S/C8H18S2/c1-5-7(3)8(4)10-9-6-2/h7-8H,5-6H2,1-4H3/t7?,8-/m0/s1. The predicted octanol–water partition coefficient (Wildman–Crippen LogP) is 3.82. The maximum atomic E-state index is 2.33. The third-order valence-electron chi connectivity index (χ3n) is 1.78. The summed E-state index contributed by atoms with van der Waals surface area (Å²) in [6.45, 7) is 9.12. The topological polar surface area (TPSA) is 0 Å². The van der Waals surface area contributed by atoms with Gasteiger partial charge in [0.05, 0.1) is 0 Å². The molecule has 0 heterocycles. The normalized spacial score (nSPS) is 16.8. The van der Waals surface area contributed by atoms with Crippen molar-refractivity contribution >= 4 is 21.6 Å². The van der Waals surface area contributed by atoms with Gasteiger partial charge in [0.2, 0.25) is 0 Å². The molecule has 0 amide bonds. The van der Waals surface area contributed by atoms with E-state index in [9.17, 15) is 0 Å². The zero-order valence-corrected chi connectivity index (χ0v) is 9.02. The Kier molecular flexibility index (Phi) is 6.86. The van der Waals surface area contributed by atoms with Crippen molar-refractivity contribution in [2.75, 3.05) is 5.75 Å². The molecule has 2 heteroatoms. The lowest BCUT2D eigenvalue weighted by Crippen LogP contribution is -2.07. The summed E-state index contributed by atoms with van der Waals surface area (Å²) in [5.74, 6) is 2.09. The highest BCUT2D eigenvalue weighted by Gasteiger charge is 2.09. The minimum absolute atomic E-state index is 0.815. The zero-order valence-electron chi connectivity index (χ0n) is 7.39. The first kappa shape index (κ1) is 10.7. The van der Waals surface area contributed by atoms with Crippen LogP contribution in [0.25, 0.3) is 0 Å². The van der Waals surface area contributed by atoms with Gasteiger partial charge in [-0.1, -0.05) is 55.7 Å². The zero-order chi connectivity index (χ0) is 7.98. The first-order valence-corrected chi connectivity index (χ1v) is 6.38. The minimum atomic E-state index is 0.815. The second kappa shape index (κ2) is 6.41. The van der Waals surface area contributed by atoms with Gasteiger partial charge in [-0.05, 0) is 5.92 Å². The van der Waals surface area contributed by atoms with Gasteiger partial charge in [-0.15, -0.1) is 0 Å². The third-order valence-corrected chi connectivity index (χ3v) is 4.95. The molecule has 0 aromatic carbocycles. The van der Waals surface area contributed by atoms with Crippen molar-refractivity contribution in [3.63, 3.8) is 0 Å². The average Bonchev–Trinajstić information content (AvgIpc) is 1.98. The molecule has 0 aliphatic carbocycles. The second-order valence-corrected chi connectivity index (χ2v) is 5.63. The van der Waals surface area contributed by atoms with Crippen LogP contribution in [0, 0.1) is 5.92 Å². The Bertz CT molecular complexity index is 73.7. The van der Waals surface area contributed by atoms with Gasteiger partial charge in [0.1, 0.15) is 0 Å². The predicted molar refractivity (Wildman–Crippen MR) is 54.6 cm³/mol. The molecule has 0 spiro atoms. The summed E-state index contributed by atoms with van der Waals surface area (Å²) in [6, 6.07) is 0. The Hall–Kier alpha value is 0.700. The van der Waals surface area contributed by atoms with E-state index in [0.717, 1.165) is 11.2 Å². The van der Waals surface area contributed by atoms with Crippen molar-refractivity contribution in [2.24, 2.45) is 5.92 Å². The monoisotopic (exact) mass is 178 g/mol. The fourth-order valence-corrected chi connectivity index (χ4v) is 2.96. The quantitative estimate of drug-likeness (QED) is 0.587. The molecule has 0 bridgehead atoms. The average molecular weight is 178 g/mol. The summed E-state index contributed by atoms with van der Waals surface area (Å²) in [5.41, 5.74) is 0. The van der Waals surface area contributed by atoms with Crippen molar-refractivity contribution in [3.8, 4) is 0 Å². The van der Waals surface area contributed by atoms with Crippen LogP contribution in [0.1, 0.15) is 34.1 Å². The van der Waals surface area contributed by atoms with Crippen LogP contribution in [0.2, 0.25) is 0 Å². The van der Waals surface area contributed by atoms with Crippen LogP contribution < -0.4 is 0 Å². The molecule has 0 radical (unpaired) electrons. The molecule has 0 fully saturated rings. The van der Waals surface area contributed by atoms with E-state index in [0.29, 0.717) is 0 Å². The smallest absolute Gasteiger partial charge is 0.0148 e. The molecule has 0 aromatic heterocycles. The summed E-state index contributed by atoms with van der Waals surface area (Å²) in [5, 5.41) is 0.815. The number of hydrogen-bond donors (Lipinski definition) is 0. The van der Waals surface area contributed by atoms with E-state index in [1.807, 2.05) is 21.6 Å². The number of hydrogen-bond acceptors (Lipinski definition) is 2. The molecule has 62 valence electrons. The highest BCUT2D eigenvalue weighted by molar-refractivity contribution is 8.76. The molecule has 0 saturated carbocycles. The molecular weight excluding hydrogens is 160 g/mol. The van der Waals surface area contributed by atoms with Gasteiger partial charge in [0.25, 0.3) is 0 Å². The third kappa shape index (κ3) is 4.51. The molecule has 0 N–H and O–H groups in total. The van der Waals surface area contributed by atoms with Crippen LogP contribution in [0.3, 0.4) is 0 Å². The Morgan fingerprint density at radius 2 is 1.80 bits per heavy atom. The van der Waals surface area contributed by atoms with Crippen molar-refractivity contribution in [1.29, 1.82) is 0 Å². The van der Waals surface area contributed by atoms with E-state index < -0.39 is 0 Å². The molecule has 0 aliphatic heterocycles. The van der Waals surface area contributed by atoms with E-state index in [1.165, 1.54) is 12.2 Å². The Morgan fingerprint density at radius 1 is 1.20 bits per heavy atom. The van der Waals surface area contributed by atoms with Crippen LogP contribution in [-0.2, 0) is 0 Å². The molecule has 0 nitrogen and oxygen atoms in total. The fraction of sp³-hybridized carbons (Fsp3) is 1.00. The number of rotatable bonds is 5. The van der Waals surface area contributed by atoms with Gasteiger partial charge < -0.3 is 0 Å². The maximum Gasteiger partial charge on any atom is 0.0148 e. The van der Waals surface area contributed by atoms with E-state index in [-0.39, 0.29) is 0 Å². The largest absolute Gasteiger partial charge is 0.0942 e. The van der Waals surface area contributed by atoms with Crippen LogP contribution in [0.15, 0.2) is 0 Å². The SMILES string of the molecule is CCSS[C@@H](C)C(C)CC. The van der Waals surface area contributed by atoms with E-state index in [4.69, 9.17) is 0 Å². The molecule has 2 atom stereocenters. The minimum Gasteiger partial charge on any atom is -0.0942 e. The van der Waals surface area contributed by atoms with E-state index in [2.05, 4.69) is 27.7 Å². The summed E-state index contributed by atoms with van der Waals surface area (Å²) >= 11 is 0. The fourth-order valence-electron chi connectivity index (χ4n) is 0.602. The van der Waals surface area contributed by atoms with Crippen molar-refractivity contribution in [1.82, 2.24) is 0 Å². The van der Waals surface area contributed by atoms with Crippen LogP contribution >= 0.6 is 21.6 Å². The Balaban J connectivity index is 3.31. The van der Waals surface area contributed by atoms with Crippen molar-refractivity contribution < 1.29 is 0 Å². The van der Waals surface area contributed by atoms with Gasteiger partial charge in [-0.2, -0.15) is 0 Å². The van der Waals surface area contributed by atoms with Crippen LogP contribution in [0.5, 0.6) is 0 Å². The first-order chi connectivity index (χ1) is 4.72. The van der Waals surface area contributed by atoms with Gasteiger partial charge in [0.15, 0.2) is 0 Å². The Labute approximate surface area is 72.9 Å². The van der Waals surface area contributed by atoms with E-state index in [1.54, 1.807) is 0 Å². The summed E-state index contributed by atoms with van der Waals surface area (Å²) in [7, 11) is 4.00. The van der Waals surface area contributed by atoms with Crippen molar-refractivity contribution in [3.05, 3.63) is 0 Å². The van der Waals surface area contributed by atoms with Gasteiger partial charge >= 0.3 is 0 Å². The highest BCUT2D eigenvalue weighted by Crippen LogP contribution is 2.31. The molecular formula is C8H18S2. The van der Waals surface area contributed by atoms with Crippen LogP contribution in [0.4, 0.5) is 0 Å². The molecule has 10 heavy (non-hydrogen) atoms. The molecule has 0 aliphatic rings.